The molecule has 0 aromatic heterocycles. The molecule has 3 aliphatic carbocycles. The number of benzene rings is 2. The van der Waals surface area contributed by atoms with Crippen LogP contribution in [0.5, 0.6) is 0 Å². The molecule has 0 spiro atoms. The molecule has 1 heterocycles. The van der Waals surface area contributed by atoms with E-state index in [1.807, 2.05) is 0 Å². The maximum atomic E-state index is 2.52. The lowest BCUT2D eigenvalue weighted by molar-refractivity contribution is 0.783. The molecule has 2 atom stereocenters. The van der Waals surface area contributed by atoms with Gasteiger partial charge in [0.25, 0.3) is 0 Å². The zero-order valence-corrected chi connectivity index (χ0v) is 17.1. The Balaban J connectivity index is 1.69. The van der Waals surface area contributed by atoms with Gasteiger partial charge in [0.1, 0.15) is 0 Å². The molecule has 28 heavy (non-hydrogen) atoms. The summed E-state index contributed by atoms with van der Waals surface area (Å²) in [7, 11) is -0.0985. The van der Waals surface area contributed by atoms with Crippen LogP contribution >= 0.6 is 7.92 Å². The van der Waals surface area contributed by atoms with Gasteiger partial charge in [-0.1, -0.05) is 80.8 Å². The Morgan fingerprint density at radius 2 is 1.82 bits per heavy atom. The second-order valence-corrected chi connectivity index (χ2v) is 10.7. The molecule has 1 unspecified atom stereocenters. The van der Waals surface area contributed by atoms with E-state index in [1.165, 1.54) is 58.9 Å². The molecule has 0 saturated carbocycles. The summed E-state index contributed by atoms with van der Waals surface area (Å²) in [6.07, 6.45) is 21.8. The monoisotopic (exact) mass is 380 g/mol. The zero-order valence-electron chi connectivity index (χ0n) is 16.2. The van der Waals surface area contributed by atoms with Crippen LogP contribution < -0.4 is 20.9 Å². The van der Waals surface area contributed by atoms with Crippen LogP contribution in [-0.4, -0.2) is 6.16 Å². The van der Waals surface area contributed by atoms with Crippen molar-refractivity contribution in [1.82, 2.24) is 0 Å². The van der Waals surface area contributed by atoms with Crippen LogP contribution in [0.3, 0.4) is 0 Å². The topological polar surface area (TPSA) is 0 Å². The van der Waals surface area contributed by atoms with Crippen molar-refractivity contribution in [2.75, 3.05) is 6.16 Å². The number of rotatable bonds is 1. The summed E-state index contributed by atoms with van der Waals surface area (Å²) < 4.78 is 0. The maximum absolute atomic E-state index is 2.52. The largest absolute Gasteiger partial charge is 0.0801 e. The van der Waals surface area contributed by atoms with Gasteiger partial charge in [0.15, 0.2) is 0 Å². The highest BCUT2D eigenvalue weighted by Gasteiger charge is 2.31. The molecule has 0 saturated heterocycles. The van der Waals surface area contributed by atoms with Gasteiger partial charge >= 0.3 is 0 Å². The predicted molar refractivity (Wildman–Crippen MR) is 122 cm³/mol. The van der Waals surface area contributed by atoms with Crippen molar-refractivity contribution in [1.29, 1.82) is 0 Å². The molecular formula is C27H25P. The molecule has 1 aliphatic heterocycles. The first-order chi connectivity index (χ1) is 13.9. The predicted octanol–water partition coefficient (Wildman–Crippen LogP) is 3.88. The SMILES string of the molecule is C1=CCC(P2Cc3ccc4c(c3C3=c5ccccc5=CC[C@H]3C2)=CCCC=4)=C1. The third kappa shape index (κ3) is 2.62. The van der Waals surface area contributed by atoms with Crippen molar-refractivity contribution >= 4 is 31.7 Å². The van der Waals surface area contributed by atoms with Crippen LogP contribution in [0.4, 0.5) is 0 Å². The van der Waals surface area contributed by atoms with Gasteiger partial charge in [-0.3, -0.25) is 0 Å². The molecule has 1 heteroatoms. The van der Waals surface area contributed by atoms with E-state index >= 15 is 0 Å². The van der Waals surface area contributed by atoms with Gasteiger partial charge in [0, 0.05) is 0 Å². The Labute approximate surface area is 167 Å². The third-order valence-electron chi connectivity index (χ3n) is 6.76. The summed E-state index contributed by atoms with van der Waals surface area (Å²) in [5.74, 6) is 0.658. The van der Waals surface area contributed by atoms with Gasteiger partial charge in [-0.25, -0.2) is 0 Å². The zero-order chi connectivity index (χ0) is 18.5. The minimum atomic E-state index is -0.0985. The lowest BCUT2D eigenvalue weighted by atomic mass is 9.82. The van der Waals surface area contributed by atoms with Crippen LogP contribution in [0.15, 0.2) is 59.9 Å². The first kappa shape index (κ1) is 16.8. The fourth-order valence-electron chi connectivity index (χ4n) is 5.45. The molecule has 0 N–H and O–H groups in total. The number of hydrogen-bond donors (Lipinski definition) is 0. The van der Waals surface area contributed by atoms with Crippen molar-refractivity contribution in [2.45, 2.75) is 31.8 Å². The highest BCUT2D eigenvalue weighted by atomic mass is 31.1. The van der Waals surface area contributed by atoms with Crippen LogP contribution in [0.25, 0.3) is 23.8 Å². The fraction of sp³-hybridized carbons (Fsp3) is 0.259. The second-order valence-electron chi connectivity index (χ2n) is 8.40. The molecule has 2 aromatic carbocycles. The summed E-state index contributed by atoms with van der Waals surface area (Å²) in [5, 5.41) is 7.61. The normalized spacial score (nSPS) is 24.4. The average Bonchev–Trinajstić information content (AvgIpc) is 3.22. The Bertz CT molecular complexity index is 1270. The summed E-state index contributed by atoms with van der Waals surface area (Å²) in [5.41, 5.74) is 4.84. The minimum Gasteiger partial charge on any atom is -0.0801 e. The summed E-state index contributed by atoms with van der Waals surface area (Å²) in [4.78, 5) is 0. The second kappa shape index (κ2) is 6.71. The van der Waals surface area contributed by atoms with Gasteiger partial charge in [-0.2, -0.15) is 0 Å². The number of fused-ring (bicyclic) bond motifs is 6. The summed E-state index contributed by atoms with van der Waals surface area (Å²) >= 11 is 0. The third-order valence-corrected chi connectivity index (χ3v) is 9.50. The van der Waals surface area contributed by atoms with Crippen LogP contribution in [0.2, 0.25) is 0 Å². The van der Waals surface area contributed by atoms with Gasteiger partial charge in [-0.15, -0.1) is 0 Å². The van der Waals surface area contributed by atoms with E-state index < -0.39 is 0 Å². The lowest BCUT2D eigenvalue weighted by Gasteiger charge is -2.25. The van der Waals surface area contributed by atoms with E-state index in [4.69, 9.17) is 0 Å². The van der Waals surface area contributed by atoms with Gasteiger partial charge < -0.3 is 0 Å². The molecule has 0 radical (unpaired) electrons. The molecule has 2 aromatic rings. The first-order valence-corrected chi connectivity index (χ1v) is 12.3. The van der Waals surface area contributed by atoms with E-state index in [9.17, 15) is 0 Å². The molecule has 138 valence electrons. The van der Waals surface area contributed by atoms with Crippen molar-refractivity contribution in [3.63, 3.8) is 0 Å². The Kier molecular flexibility index (Phi) is 4.02. The van der Waals surface area contributed by atoms with Gasteiger partial charge in [-0.05, 0) is 86.8 Å². The molecule has 0 nitrogen and oxygen atoms in total. The summed E-state index contributed by atoms with van der Waals surface area (Å²) in [6, 6.07) is 13.9. The molecule has 0 amide bonds. The Morgan fingerprint density at radius 3 is 2.75 bits per heavy atom. The number of allylic oxidation sites excluding steroid dienone is 4. The van der Waals surface area contributed by atoms with E-state index in [-0.39, 0.29) is 7.92 Å². The van der Waals surface area contributed by atoms with Crippen molar-refractivity contribution in [3.05, 3.63) is 91.9 Å². The maximum Gasteiger partial charge on any atom is -0.00293 e. The van der Waals surface area contributed by atoms with Crippen molar-refractivity contribution < 1.29 is 0 Å². The highest BCUT2D eigenvalue weighted by molar-refractivity contribution is 7.61. The van der Waals surface area contributed by atoms with E-state index in [0.29, 0.717) is 5.92 Å². The molecule has 6 rings (SSSR count). The molecule has 4 aliphatic rings. The van der Waals surface area contributed by atoms with Crippen LogP contribution in [0, 0.1) is 5.92 Å². The Hall–Kier alpha value is -2.17. The Morgan fingerprint density at radius 1 is 0.893 bits per heavy atom. The molecule has 0 bridgehead atoms. The smallest absolute Gasteiger partial charge is 0.00293 e. The molecular weight excluding hydrogens is 355 g/mol. The van der Waals surface area contributed by atoms with Gasteiger partial charge in [0.05, 0.1) is 0 Å². The lowest BCUT2D eigenvalue weighted by Crippen LogP contribution is -2.38. The van der Waals surface area contributed by atoms with E-state index in [2.05, 4.69) is 72.9 Å². The van der Waals surface area contributed by atoms with Crippen molar-refractivity contribution in [3.8, 4) is 0 Å². The van der Waals surface area contributed by atoms with Crippen LogP contribution in [-0.2, 0) is 6.16 Å². The van der Waals surface area contributed by atoms with Crippen molar-refractivity contribution in [2.24, 2.45) is 5.92 Å². The van der Waals surface area contributed by atoms with Crippen LogP contribution in [0.1, 0.15) is 36.8 Å². The van der Waals surface area contributed by atoms with E-state index in [0.717, 1.165) is 0 Å². The van der Waals surface area contributed by atoms with E-state index in [1.54, 1.807) is 22.0 Å². The standard InChI is InChI=1S/C27H25P/c1-5-11-24-19(7-1)13-15-21-17-28(23-9-3-4-10-23)18-22-16-14-20-8-2-6-12-25(20)27(22)26(21)24/h1,3-5,7-9,11-14,16,21H,2,6,10,15,17-18H2/t21-,28?/m0/s1. The summed E-state index contributed by atoms with van der Waals surface area (Å²) in [6.45, 7) is 0. The minimum absolute atomic E-state index is 0.0985. The quantitative estimate of drug-likeness (QED) is 0.659. The number of hydrogen-bond acceptors (Lipinski definition) is 0. The average molecular weight is 380 g/mol. The van der Waals surface area contributed by atoms with Gasteiger partial charge in [0.2, 0.25) is 0 Å². The first-order valence-electron chi connectivity index (χ1n) is 10.6. The molecule has 0 fully saturated rings. The fourth-order valence-corrected chi connectivity index (χ4v) is 8.22. The highest BCUT2D eigenvalue weighted by Crippen LogP contribution is 2.56.